The summed E-state index contributed by atoms with van der Waals surface area (Å²) < 4.78 is 0. The van der Waals surface area contributed by atoms with Crippen LogP contribution in [0.1, 0.15) is 19.2 Å². The van der Waals surface area contributed by atoms with Gasteiger partial charge in [-0.05, 0) is 40.1 Å². The number of nitrogens with one attached hydrogen (secondary N) is 2. The second-order valence-electron chi connectivity index (χ2n) is 4.37. The Morgan fingerprint density at radius 3 is 2.63 bits per heavy atom. The number of H-pyrrole nitrogens is 1. The summed E-state index contributed by atoms with van der Waals surface area (Å²) in [6, 6.07) is 0. The number of hydrogen-bond donors (Lipinski definition) is 2. The molecule has 0 atom stereocenters. The summed E-state index contributed by atoms with van der Waals surface area (Å²) in [5.74, 6) is 0.772. The predicted octanol–water partition coefficient (Wildman–Crippen LogP) is 1.68. The van der Waals surface area contributed by atoms with Crippen molar-refractivity contribution < 1.29 is 4.79 Å². The maximum atomic E-state index is 11.0. The highest BCUT2D eigenvalue weighted by Gasteiger charge is 1.99. The average molecular weight is 264 g/mol. The lowest BCUT2D eigenvalue weighted by Gasteiger charge is -2.09. The lowest BCUT2D eigenvalue weighted by molar-refractivity contribution is -0.117. The molecule has 2 N–H and O–H groups in total. The number of hydrogen-bond acceptors (Lipinski definition) is 3. The highest BCUT2D eigenvalue weighted by atomic mass is 16.1. The molecular weight excluding hydrogens is 240 g/mol. The highest BCUT2D eigenvalue weighted by Crippen LogP contribution is 1.87. The predicted molar refractivity (Wildman–Crippen MR) is 79.7 cm³/mol. The maximum absolute atomic E-state index is 11.0. The van der Waals surface area contributed by atoms with Crippen LogP contribution in [0.15, 0.2) is 31.1 Å². The number of aromatic amines is 1. The molecular formula is C14H24N4O. The normalized spacial score (nSPS) is 9.47. The summed E-state index contributed by atoms with van der Waals surface area (Å²) in [4.78, 5) is 19.8. The first kappa shape index (κ1) is 17.1. The van der Waals surface area contributed by atoms with Gasteiger partial charge in [-0.25, -0.2) is 4.98 Å². The number of rotatable bonds is 6. The molecule has 0 unspecified atom stereocenters. The van der Waals surface area contributed by atoms with Crippen molar-refractivity contribution >= 4 is 12.0 Å². The third-order valence-corrected chi connectivity index (χ3v) is 2.17. The van der Waals surface area contributed by atoms with Gasteiger partial charge in [-0.3, -0.25) is 4.79 Å². The van der Waals surface area contributed by atoms with Crippen molar-refractivity contribution in [1.29, 1.82) is 0 Å². The Bertz CT molecular complexity index is 382. The Labute approximate surface area is 115 Å². The smallest absolute Gasteiger partial charge is 0.246 e. The van der Waals surface area contributed by atoms with Gasteiger partial charge in [0.2, 0.25) is 5.91 Å². The summed E-state index contributed by atoms with van der Waals surface area (Å²) >= 11 is 0. The van der Waals surface area contributed by atoms with Crippen molar-refractivity contribution in [2.75, 3.05) is 27.2 Å². The molecule has 0 aromatic carbocycles. The second kappa shape index (κ2) is 10.1. The van der Waals surface area contributed by atoms with Gasteiger partial charge in [0.15, 0.2) is 0 Å². The van der Waals surface area contributed by atoms with Crippen LogP contribution in [0, 0.1) is 0 Å². The number of amides is 1. The van der Waals surface area contributed by atoms with E-state index in [-0.39, 0.29) is 5.91 Å². The van der Waals surface area contributed by atoms with E-state index in [2.05, 4.69) is 33.3 Å². The Hall–Kier alpha value is -1.88. The molecule has 0 spiro atoms. The van der Waals surface area contributed by atoms with E-state index in [9.17, 15) is 4.79 Å². The first-order valence-electron chi connectivity index (χ1n) is 6.17. The molecule has 5 nitrogen and oxygen atoms in total. The average Bonchev–Trinajstić information content (AvgIpc) is 2.87. The zero-order valence-electron chi connectivity index (χ0n) is 12.1. The molecule has 0 aliphatic carbocycles. The zero-order valence-corrected chi connectivity index (χ0v) is 12.1. The van der Waals surface area contributed by atoms with E-state index in [1.165, 1.54) is 0 Å². The topological polar surface area (TPSA) is 61.0 Å². The van der Waals surface area contributed by atoms with Crippen LogP contribution in [0.3, 0.4) is 0 Å². The van der Waals surface area contributed by atoms with Gasteiger partial charge in [0.1, 0.15) is 5.82 Å². The fourth-order valence-electron chi connectivity index (χ4n) is 1.14. The van der Waals surface area contributed by atoms with Gasteiger partial charge in [-0.1, -0.05) is 13.2 Å². The van der Waals surface area contributed by atoms with Crippen LogP contribution < -0.4 is 5.32 Å². The van der Waals surface area contributed by atoms with Gasteiger partial charge in [-0.15, -0.1) is 0 Å². The van der Waals surface area contributed by atoms with Gasteiger partial charge < -0.3 is 15.2 Å². The molecule has 1 aromatic heterocycles. The number of aromatic nitrogens is 2. The summed E-state index contributed by atoms with van der Waals surface area (Å²) in [5.41, 5.74) is 0.569. The Morgan fingerprint density at radius 2 is 2.26 bits per heavy atom. The maximum Gasteiger partial charge on any atom is 0.246 e. The molecule has 0 saturated heterocycles. The summed E-state index contributed by atoms with van der Waals surface area (Å²) in [6.07, 6.45) is 6.10. The highest BCUT2D eigenvalue weighted by molar-refractivity contribution is 5.91. The zero-order chi connectivity index (χ0) is 14.7. The monoisotopic (exact) mass is 264 g/mol. The molecule has 0 radical (unpaired) electrons. The molecule has 0 aliphatic heterocycles. The Morgan fingerprint density at radius 1 is 1.58 bits per heavy atom. The van der Waals surface area contributed by atoms with Crippen LogP contribution in [0.2, 0.25) is 0 Å². The molecule has 5 heteroatoms. The van der Waals surface area contributed by atoms with Crippen LogP contribution in [0.25, 0.3) is 6.08 Å². The largest absolute Gasteiger partial charge is 0.352 e. The second-order valence-corrected chi connectivity index (χ2v) is 4.37. The SMILES string of the molecule is C=C(C)C(=O)NCCCN(C)C.C=Cc1ncc[nH]1. The van der Waals surface area contributed by atoms with E-state index in [0.29, 0.717) is 5.57 Å². The number of carbonyl (C=O) groups excluding carboxylic acids is 1. The van der Waals surface area contributed by atoms with Crippen molar-refractivity contribution in [1.82, 2.24) is 20.2 Å². The fraction of sp³-hybridized carbons (Fsp3) is 0.429. The fourth-order valence-corrected chi connectivity index (χ4v) is 1.14. The minimum absolute atomic E-state index is 0.0474. The van der Waals surface area contributed by atoms with E-state index in [1.54, 1.807) is 25.4 Å². The van der Waals surface area contributed by atoms with E-state index in [4.69, 9.17) is 0 Å². The van der Waals surface area contributed by atoms with Gasteiger partial charge >= 0.3 is 0 Å². The number of imidazole rings is 1. The number of carbonyl (C=O) groups is 1. The van der Waals surface area contributed by atoms with Crippen molar-refractivity contribution in [2.45, 2.75) is 13.3 Å². The number of nitrogens with zero attached hydrogens (tertiary/aromatic N) is 2. The molecule has 1 rings (SSSR count). The van der Waals surface area contributed by atoms with Crippen LogP contribution in [-0.2, 0) is 4.79 Å². The molecule has 0 bridgehead atoms. The lowest BCUT2D eigenvalue weighted by atomic mass is 10.3. The van der Waals surface area contributed by atoms with Crippen molar-refractivity contribution in [2.24, 2.45) is 0 Å². The quantitative estimate of drug-likeness (QED) is 0.607. The van der Waals surface area contributed by atoms with Gasteiger partial charge in [0, 0.05) is 24.5 Å². The minimum Gasteiger partial charge on any atom is -0.352 e. The van der Waals surface area contributed by atoms with Crippen LogP contribution in [-0.4, -0.2) is 48.0 Å². The lowest BCUT2D eigenvalue weighted by Crippen LogP contribution is -2.27. The van der Waals surface area contributed by atoms with Crippen LogP contribution in [0.5, 0.6) is 0 Å². The van der Waals surface area contributed by atoms with Gasteiger partial charge in [0.05, 0.1) is 0 Å². The van der Waals surface area contributed by atoms with Crippen LogP contribution in [0.4, 0.5) is 0 Å². The molecule has 1 amide bonds. The van der Waals surface area contributed by atoms with Crippen molar-refractivity contribution in [3.05, 3.63) is 36.9 Å². The van der Waals surface area contributed by atoms with Crippen molar-refractivity contribution in [3.8, 4) is 0 Å². The molecule has 1 heterocycles. The first-order valence-corrected chi connectivity index (χ1v) is 6.17. The Kier molecular flexibility index (Phi) is 9.08. The third kappa shape index (κ3) is 9.79. The third-order valence-electron chi connectivity index (χ3n) is 2.17. The van der Waals surface area contributed by atoms with E-state index < -0.39 is 0 Å². The van der Waals surface area contributed by atoms with E-state index >= 15 is 0 Å². The van der Waals surface area contributed by atoms with Crippen LogP contribution >= 0.6 is 0 Å². The summed E-state index contributed by atoms with van der Waals surface area (Å²) in [7, 11) is 4.03. The Balaban J connectivity index is 0.000000388. The summed E-state index contributed by atoms with van der Waals surface area (Å²) in [5, 5.41) is 2.77. The molecule has 0 saturated carbocycles. The van der Waals surface area contributed by atoms with Gasteiger partial charge in [0.25, 0.3) is 0 Å². The first-order chi connectivity index (χ1) is 8.97. The van der Waals surface area contributed by atoms with E-state index in [1.807, 2.05) is 14.1 Å². The molecule has 0 fully saturated rings. The molecule has 1 aromatic rings. The molecule has 106 valence electrons. The van der Waals surface area contributed by atoms with Gasteiger partial charge in [-0.2, -0.15) is 0 Å². The summed E-state index contributed by atoms with van der Waals surface area (Å²) in [6.45, 7) is 10.5. The standard InChI is InChI=1S/C9H18N2O.C5H6N2/c1-8(2)9(12)10-6-5-7-11(3)4;1-2-5-6-3-4-7-5/h1,5-7H2,2-4H3,(H,10,12);2-4H,1H2,(H,6,7). The molecule has 19 heavy (non-hydrogen) atoms. The minimum atomic E-state index is -0.0474. The van der Waals surface area contributed by atoms with Crippen molar-refractivity contribution in [3.63, 3.8) is 0 Å². The molecule has 0 aliphatic rings. The van der Waals surface area contributed by atoms with E-state index in [0.717, 1.165) is 25.3 Å².